The number of nitrogens with zero attached hydrogens (tertiary/aromatic N) is 2. The summed E-state index contributed by atoms with van der Waals surface area (Å²) < 4.78 is 5.38. The standard InChI is InChI=1S/C19H21Cl2N3O3/c1-13-5-6-17(27-13)18(25)23-9-11-24(12-10-23)19(26)22-8-7-14-15(20)3-2-4-16(14)21/h2-6H,7-12H2,1H3,(H,22,26). The predicted molar refractivity (Wildman–Crippen MR) is 104 cm³/mol. The minimum Gasteiger partial charge on any atom is -0.456 e. The maximum atomic E-state index is 12.4. The van der Waals surface area contributed by atoms with Crippen LogP contribution in [-0.4, -0.2) is 54.5 Å². The van der Waals surface area contributed by atoms with Gasteiger partial charge in [0, 0.05) is 42.8 Å². The van der Waals surface area contributed by atoms with Gasteiger partial charge in [-0.25, -0.2) is 4.79 Å². The summed E-state index contributed by atoms with van der Waals surface area (Å²) in [5, 5.41) is 4.07. The molecule has 1 aromatic carbocycles. The molecule has 0 spiro atoms. The highest BCUT2D eigenvalue weighted by molar-refractivity contribution is 6.36. The molecule has 1 saturated heterocycles. The molecule has 1 N–H and O–H groups in total. The number of carbonyl (C=O) groups excluding carboxylic acids is 2. The van der Waals surface area contributed by atoms with E-state index in [0.717, 1.165) is 5.56 Å². The number of halogens is 2. The van der Waals surface area contributed by atoms with Crippen LogP contribution in [-0.2, 0) is 6.42 Å². The number of hydrogen-bond donors (Lipinski definition) is 1. The zero-order chi connectivity index (χ0) is 19.4. The first-order chi connectivity index (χ1) is 13.0. The van der Waals surface area contributed by atoms with Gasteiger partial charge in [-0.3, -0.25) is 4.79 Å². The van der Waals surface area contributed by atoms with Gasteiger partial charge in [0.25, 0.3) is 5.91 Å². The van der Waals surface area contributed by atoms with Gasteiger partial charge >= 0.3 is 6.03 Å². The SMILES string of the molecule is Cc1ccc(C(=O)N2CCN(C(=O)NCCc3c(Cl)cccc3Cl)CC2)o1. The molecule has 0 bridgehead atoms. The van der Waals surface area contributed by atoms with E-state index >= 15 is 0 Å². The van der Waals surface area contributed by atoms with Crippen LogP contribution in [0.4, 0.5) is 4.79 Å². The Labute approximate surface area is 168 Å². The smallest absolute Gasteiger partial charge is 0.317 e. The first-order valence-corrected chi connectivity index (χ1v) is 9.52. The predicted octanol–water partition coefficient (Wildman–Crippen LogP) is 3.60. The van der Waals surface area contributed by atoms with Gasteiger partial charge in [0.1, 0.15) is 5.76 Å². The highest BCUT2D eigenvalue weighted by Crippen LogP contribution is 2.24. The quantitative estimate of drug-likeness (QED) is 0.838. The highest BCUT2D eigenvalue weighted by atomic mass is 35.5. The molecule has 1 aromatic heterocycles. The highest BCUT2D eigenvalue weighted by Gasteiger charge is 2.26. The van der Waals surface area contributed by atoms with Crippen molar-refractivity contribution in [3.8, 4) is 0 Å². The number of piperazine rings is 1. The van der Waals surface area contributed by atoms with Gasteiger partial charge in [-0.2, -0.15) is 0 Å². The Kier molecular flexibility index (Phi) is 6.29. The lowest BCUT2D eigenvalue weighted by atomic mass is 10.1. The summed E-state index contributed by atoms with van der Waals surface area (Å²) in [5.41, 5.74) is 0.824. The van der Waals surface area contributed by atoms with Crippen molar-refractivity contribution in [2.24, 2.45) is 0 Å². The molecule has 1 aliphatic rings. The molecule has 1 fully saturated rings. The number of rotatable bonds is 4. The Morgan fingerprint density at radius 1 is 1.04 bits per heavy atom. The fourth-order valence-corrected chi connectivity index (χ4v) is 3.58. The number of benzene rings is 1. The number of urea groups is 1. The summed E-state index contributed by atoms with van der Waals surface area (Å²) in [6, 6.07) is 8.64. The van der Waals surface area contributed by atoms with Crippen LogP contribution in [0.25, 0.3) is 0 Å². The number of furan rings is 1. The Morgan fingerprint density at radius 3 is 2.26 bits per heavy atom. The first-order valence-electron chi connectivity index (χ1n) is 8.77. The van der Waals surface area contributed by atoms with Gasteiger partial charge in [0.15, 0.2) is 5.76 Å². The van der Waals surface area contributed by atoms with Gasteiger partial charge in [0.05, 0.1) is 0 Å². The molecule has 0 aliphatic carbocycles. The van der Waals surface area contributed by atoms with Gasteiger partial charge in [-0.15, -0.1) is 0 Å². The lowest BCUT2D eigenvalue weighted by Gasteiger charge is -2.34. The van der Waals surface area contributed by atoms with Crippen LogP contribution >= 0.6 is 23.2 Å². The lowest BCUT2D eigenvalue weighted by Crippen LogP contribution is -2.53. The van der Waals surface area contributed by atoms with Crippen LogP contribution in [0.2, 0.25) is 10.0 Å². The molecule has 3 rings (SSSR count). The van der Waals surface area contributed by atoms with Crippen LogP contribution in [0.5, 0.6) is 0 Å². The molecule has 0 unspecified atom stereocenters. The summed E-state index contributed by atoms with van der Waals surface area (Å²) in [6.07, 6.45) is 0.556. The average Bonchev–Trinajstić information content (AvgIpc) is 3.10. The van der Waals surface area contributed by atoms with Crippen molar-refractivity contribution in [3.05, 3.63) is 57.5 Å². The van der Waals surface area contributed by atoms with E-state index in [1.54, 1.807) is 47.1 Å². The van der Waals surface area contributed by atoms with Crippen LogP contribution < -0.4 is 5.32 Å². The second-order valence-electron chi connectivity index (χ2n) is 6.37. The van der Waals surface area contributed by atoms with Crippen molar-refractivity contribution >= 4 is 35.1 Å². The number of nitrogens with one attached hydrogen (secondary N) is 1. The van der Waals surface area contributed by atoms with Gasteiger partial charge < -0.3 is 19.5 Å². The molecular formula is C19H21Cl2N3O3. The topological polar surface area (TPSA) is 65.8 Å². The molecule has 6 nitrogen and oxygen atoms in total. The molecule has 0 saturated carbocycles. The Morgan fingerprint density at radius 2 is 1.67 bits per heavy atom. The Balaban J connectivity index is 1.45. The molecule has 1 aliphatic heterocycles. The molecule has 2 aromatic rings. The summed E-state index contributed by atoms with van der Waals surface area (Å²) in [6.45, 7) is 4.14. The van der Waals surface area contributed by atoms with E-state index < -0.39 is 0 Å². The third-order valence-corrected chi connectivity index (χ3v) is 5.23. The molecule has 0 radical (unpaired) electrons. The van der Waals surface area contributed by atoms with E-state index in [9.17, 15) is 9.59 Å². The number of amides is 3. The van der Waals surface area contributed by atoms with E-state index in [4.69, 9.17) is 27.6 Å². The van der Waals surface area contributed by atoms with E-state index in [0.29, 0.717) is 60.7 Å². The molecule has 3 amide bonds. The molecule has 2 heterocycles. The molecular weight excluding hydrogens is 389 g/mol. The summed E-state index contributed by atoms with van der Waals surface area (Å²) in [7, 11) is 0. The fraction of sp³-hybridized carbons (Fsp3) is 0.368. The van der Waals surface area contributed by atoms with Crippen molar-refractivity contribution in [3.63, 3.8) is 0 Å². The van der Waals surface area contributed by atoms with Crippen LogP contribution in [0.3, 0.4) is 0 Å². The van der Waals surface area contributed by atoms with Crippen molar-refractivity contribution in [2.75, 3.05) is 32.7 Å². The maximum Gasteiger partial charge on any atom is 0.317 e. The Bertz CT molecular complexity index is 809. The number of hydrogen-bond acceptors (Lipinski definition) is 3. The number of aryl methyl sites for hydroxylation is 1. The van der Waals surface area contributed by atoms with E-state index in [1.165, 1.54) is 0 Å². The zero-order valence-electron chi connectivity index (χ0n) is 15.0. The van der Waals surface area contributed by atoms with E-state index in [-0.39, 0.29) is 11.9 Å². The maximum absolute atomic E-state index is 12.4. The second-order valence-corrected chi connectivity index (χ2v) is 7.19. The fourth-order valence-electron chi connectivity index (χ4n) is 3.00. The summed E-state index contributed by atoms with van der Waals surface area (Å²) in [5.74, 6) is 0.897. The van der Waals surface area contributed by atoms with E-state index in [1.807, 2.05) is 0 Å². The zero-order valence-corrected chi connectivity index (χ0v) is 16.5. The lowest BCUT2D eigenvalue weighted by molar-refractivity contribution is 0.0633. The first kappa shape index (κ1) is 19.6. The molecule has 27 heavy (non-hydrogen) atoms. The van der Waals surface area contributed by atoms with Crippen LogP contribution in [0, 0.1) is 6.92 Å². The molecule has 144 valence electrons. The Hall–Kier alpha value is -2.18. The van der Waals surface area contributed by atoms with Crippen molar-refractivity contribution in [2.45, 2.75) is 13.3 Å². The molecule has 8 heteroatoms. The van der Waals surface area contributed by atoms with Crippen LogP contribution in [0.1, 0.15) is 21.9 Å². The summed E-state index contributed by atoms with van der Waals surface area (Å²) >= 11 is 12.3. The monoisotopic (exact) mass is 409 g/mol. The van der Waals surface area contributed by atoms with E-state index in [2.05, 4.69) is 5.32 Å². The number of carbonyl (C=O) groups is 2. The summed E-state index contributed by atoms with van der Waals surface area (Å²) in [4.78, 5) is 28.1. The molecule has 0 atom stereocenters. The average molecular weight is 410 g/mol. The minimum atomic E-state index is -0.154. The minimum absolute atomic E-state index is 0.142. The van der Waals surface area contributed by atoms with Gasteiger partial charge in [-0.05, 0) is 43.2 Å². The third-order valence-electron chi connectivity index (χ3n) is 4.52. The largest absolute Gasteiger partial charge is 0.456 e. The van der Waals surface area contributed by atoms with Gasteiger partial charge in [0.2, 0.25) is 0 Å². The second kappa shape index (κ2) is 8.67. The van der Waals surface area contributed by atoms with Crippen molar-refractivity contribution in [1.82, 2.24) is 15.1 Å². The normalized spacial score (nSPS) is 14.3. The van der Waals surface area contributed by atoms with Crippen molar-refractivity contribution in [1.29, 1.82) is 0 Å². The van der Waals surface area contributed by atoms with Crippen molar-refractivity contribution < 1.29 is 14.0 Å². The van der Waals surface area contributed by atoms with Crippen LogP contribution in [0.15, 0.2) is 34.7 Å². The third kappa shape index (κ3) is 4.76. The van der Waals surface area contributed by atoms with Gasteiger partial charge in [-0.1, -0.05) is 29.3 Å².